The molecule has 1 fully saturated rings. The van der Waals surface area contributed by atoms with Gasteiger partial charge in [0.15, 0.2) is 0 Å². The minimum absolute atomic E-state index is 0.0389. The van der Waals surface area contributed by atoms with Gasteiger partial charge in [-0.25, -0.2) is 4.39 Å². The molecular weight excluding hydrogens is 404 g/mol. The molecule has 0 spiro atoms. The van der Waals surface area contributed by atoms with Crippen LogP contribution in [0, 0.1) is 5.82 Å². The van der Waals surface area contributed by atoms with Crippen LogP contribution in [0.2, 0.25) is 0 Å². The lowest BCUT2D eigenvalue weighted by molar-refractivity contribution is 0.00578. The van der Waals surface area contributed by atoms with E-state index in [1.807, 2.05) is 45.9 Å². The summed E-state index contributed by atoms with van der Waals surface area (Å²) in [7, 11) is -0.607. The van der Waals surface area contributed by atoms with Gasteiger partial charge in [-0.2, -0.15) is 0 Å². The van der Waals surface area contributed by atoms with Crippen LogP contribution in [0.1, 0.15) is 75.5 Å². The van der Waals surface area contributed by atoms with E-state index in [0.717, 1.165) is 17.5 Å². The third-order valence-electron chi connectivity index (χ3n) is 7.10. The number of hydrogen-bond donors (Lipinski definition) is 0. The molecule has 4 nitrogen and oxygen atoms in total. The maximum atomic E-state index is 15.0. The van der Waals surface area contributed by atoms with Crippen LogP contribution in [0.3, 0.4) is 0 Å². The number of rotatable bonds is 3. The first-order chi connectivity index (χ1) is 14.8. The summed E-state index contributed by atoms with van der Waals surface area (Å²) < 4.78 is 27.1. The zero-order valence-electron chi connectivity index (χ0n) is 20.2. The second-order valence-corrected chi connectivity index (χ2v) is 11.0. The molecule has 0 bridgehead atoms. The Morgan fingerprint density at radius 1 is 1.03 bits per heavy atom. The second-order valence-electron chi connectivity index (χ2n) is 11.0. The standard InChI is InChI=1S/C26H33BFNO3/c1-24(2,3)19-9-11-21-17(14-19)12-13-29(23(21)30)16-18-8-10-20(15-22(18)28)27-31-25(4,5)26(6,7)32-27/h8-11,14-15H,12-13,16H2,1-7H3. The van der Waals surface area contributed by atoms with E-state index in [0.29, 0.717) is 17.6 Å². The molecule has 2 aromatic carbocycles. The summed E-state index contributed by atoms with van der Waals surface area (Å²) in [6.07, 6.45) is 0.776. The molecule has 1 saturated heterocycles. The number of carbonyl (C=O) groups is 1. The Balaban J connectivity index is 1.50. The molecule has 32 heavy (non-hydrogen) atoms. The highest BCUT2D eigenvalue weighted by atomic mass is 19.1. The molecule has 2 aromatic rings. The first kappa shape index (κ1) is 23.0. The highest BCUT2D eigenvalue weighted by Gasteiger charge is 2.51. The van der Waals surface area contributed by atoms with Crippen LogP contribution in [-0.4, -0.2) is 35.7 Å². The van der Waals surface area contributed by atoms with Crippen LogP contribution in [0.25, 0.3) is 0 Å². The molecule has 0 radical (unpaired) electrons. The van der Waals surface area contributed by atoms with Crippen molar-refractivity contribution >= 4 is 18.5 Å². The molecule has 1 amide bonds. The maximum absolute atomic E-state index is 15.0. The van der Waals surface area contributed by atoms with Crippen LogP contribution in [0.4, 0.5) is 4.39 Å². The first-order valence-corrected chi connectivity index (χ1v) is 11.4. The summed E-state index contributed by atoms with van der Waals surface area (Å²) in [4.78, 5) is 14.8. The predicted octanol–water partition coefficient (Wildman–Crippen LogP) is 4.62. The minimum atomic E-state index is -0.607. The topological polar surface area (TPSA) is 38.8 Å². The Kier molecular flexibility index (Phi) is 5.54. The fourth-order valence-electron chi connectivity index (χ4n) is 4.18. The number of hydrogen-bond acceptors (Lipinski definition) is 3. The van der Waals surface area contributed by atoms with E-state index in [2.05, 4.69) is 26.8 Å². The van der Waals surface area contributed by atoms with Crippen molar-refractivity contribution in [3.8, 4) is 0 Å². The van der Waals surface area contributed by atoms with Gasteiger partial charge in [0.25, 0.3) is 5.91 Å². The van der Waals surface area contributed by atoms with E-state index >= 15 is 4.39 Å². The van der Waals surface area contributed by atoms with E-state index in [9.17, 15) is 4.79 Å². The third-order valence-corrected chi connectivity index (χ3v) is 7.10. The van der Waals surface area contributed by atoms with Gasteiger partial charge >= 0.3 is 7.12 Å². The number of nitrogens with zero attached hydrogens (tertiary/aromatic N) is 1. The molecule has 170 valence electrons. The predicted molar refractivity (Wildman–Crippen MR) is 126 cm³/mol. The Morgan fingerprint density at radius 2 is 1.69 bits per heavy atom. The summed E-state index contributed by atoms with van der Waals surface area (Å²) in [5.41, 5.74) is 3.25. The molecule has 0 N–H and O–H groups in total. The molecule has 0 atom stereocenters. The third kappa shape index (κ3) is 4.11. The fraction of sp³-hybridized carbons (Fsp3) is 0.500. The van der Waals surface area contributed by atoms with Crippen molar-refractivity contribution in [2.45, 2.75) is 78.0 Å². The first-order valence-electron chi connectivity index (χ1n) is 11.4. The van der Waals surface area contributed by atoms with Gasteiger partial charge in [0.1, 0.15) is 5.82 Å². The van der Waals surface area contributed by atoms with Crippen molar-refractivity contribution in [3.05, 3.63) is 64.5 Å². The summed E-state index contributed by atoms with van der Waals surface area (Å²) in [5.74, 6) is -0.389. The number of fused-ring (bicyclic) bond motifs is 1. The Bertz CT molecular complexity index is 1040. The molecule has 2 aliphatic heterocycles. The van der Waals surface area contributed by atoms with Crippen molar-refractivity contribution in [2.24, 2.45) is 0 Å². The average Bonchev–Trinajstić information content (AvgIpc) is 2.91. The number of carbonyl (C=O) groups excluding carboxylic acids is 1. The van der Waals surface area contributed by atoms with Crippen molar-refractivity contribution in [3.63, 3.8) is 0 Å². The van der Waals surface area contributed by atoms with Gasteiger partial charge in [0.2, 0.25) is 0 Å². The van der Waals surface area contributed by atoms with E-state index < -0.39 is 18.3 Å². The van der Waals surface area contributed by atoms with Crippen LogP contribution >= 0.6 is 0 Å². The van der Waals surface area contributed by atoms with Crippen molar-refractivity contribution < 1.29 is 18.5 Å². The molecule has 4 rings (SSSR count). The smallest absolute Gasteiger partial charge is 0.399 e. The van der Waals surface area contributed by atoms with Crippen molar-refractivity contribution in [1.29, 1.82) is 0 Å². The monoisotopic (exact) mass is 437 g/mol. The Morgan fingerprint density at radius 3 is 2.28 bits per heavy atom. The number of benzene rings is 2. The molecule has 0 aliphatic carbocycles. The van der Waals surface area contributed by atoms with Gasteiger partial charge < -0.3 is 14.2 Å². The van der Waals surface area contributed by atoms with Gasteiger partial charge in [-0.3, -0.25) is 4.79 Å². The van der Waals surface area contributed by atoms with Gasteiger partial charge in [0, 0.05) is 24.2 Å². The molecule has 0 saturated carbocycles. The normalized spacial score (nSPS) is 19.9. The Labute approximate surface area is 191 Å². The summed E-state index contributed by atoms with van der Waals surface area (Å²) in [6.45, 7) is 15.2. The van der Waals surface area contributed by atoms with Gasteiger partial charge in [0.05, 0.1) is 11.2 Å². The molecule has 0 unspecified atom stereocenters. The summed E-state index contributed by atoms with van der Waals surface area (Å²) in [5, 5.41) is 0. The van der Waals surface area contributed by atoms with Crippen LogP contribution in [-0.2, 0) is 27.7 Å². The van der Waals surface area contributed by atoms with E-state index in [1.165, 1.54) is 11.6 Å². The lowest BCUT2D eigenvalue weighted by atomic mass is 9.78. The SMILES string of the molecule is CC(C)(C)c1ccc2c(c1)CCN(Cc1ccc(B3OC(C)(C)C(C)(C)O3)cc1F)C2=O. The van der Waals surface area contributed by atoms with E-state index in [-0.39, 0.29) is 23.7 Å². The van der Waals surface area contributed by atoms with E-state index in [4.69, 9.17) is 9.31 Å². The van der Waals surface area contributed by atoms with E-state index in [1.54, 1.807) is 11.0 Å². The molecule has 0 aromatic heterocycles. The van der Waals surface area contributed by atoms with Crippen LogP contribution in [0.5, 0.6) is 0 Å². The van der Waals surface area contributed by atoms with Crippen molar-refractivity contribution in [2.75, 3.05) is 6.54 Å². The van der Waals surface area contributed by atoms with Crippen LogP contribution < -0.4 is 5.46 Å². The average molecular weight is 437 g/mol. The molecular formula is C26H33BFNO3. The van der Waals surface area contributed by atoms with Crippen LogP contribution in [0.15, 0.2) is 36.4 Å². The molecule has 2 aliphatic rings. The number of halogens is 1. The lowest BCUT2D eigenvalue weighted by Gasteiger charge is -2.32. The van der Waals surface area contributed by atoms with Gasteiger partial charge in [-0.1, -0.05) is 45.0 Å². The number of amides is 1. The zero-order chi connectivity index (χ0) is 23.5. The van der Waals surface area contributed by atoms with Gasteiger partial charge in [-0.05, 0) is 68.3 Å². The second kappa shape index (κ2) is 7.70. The summed E-state index contributed by atoms with van der Waals surface area (Å²) >= 11 is 0. The zero-order valence-corrected chi connectivity index (χ0v) is 20.2. The molecule has 2 heterocycles. The Hall–Kier alpha value is -2.18. The highest BCUT2D eigenvalue weighted by molar-refractivity contribution is 6.62. The summed E-state index contributed by atoms with van der Waals surface area (Å²) in [6, 6.07) is 11.1. The highest BCUT2D eigenvalue weighted by Crippen LogP contribution is 2.36. The fourth-order valence-corrected chi connectivity index (χ4v) is 4.18. The lowest BCUT2D eigenvalue weighted by Crippen LogP contribution is -2.41. The van der Waals surface area contributed by atoms with Gasteiger partial charge in [-0.15, -0.1) is 0 Å². The van der Waals surface area contributed by atoms with Crippen molar-refractivity contribution in [1.82, 2.24) is 4.90 Å². The molecule has 6 heteroatoms. The quantitative estimate of drug-likeness (QED) is 0.658. The largest absolute Gasteiger partial charge is 0.494 e. The maximum Gasteiger partial charge on any atom is 0.494 e. The minimum Gasteiger partial charge on any atom is -0.399 e.